The maximum absolute atomic E-state index is 12.7. The Kier molecular flexibility index (Phi) is 4.74. The van der Waals surface area contributed by atoms with Crippen LogP contribution < -0.4 is 16.2 Å². The third kappa shape index (κ3) is 3.49. The van der Waals surface area contributed by atoms with Crippen molar-refractivity contribution in [2.75, 3.05) is 5.32 Å². The number of fused-ring (bicyclic) bond motifs is 1. The molecule has 2 unspecified atom stereocenters. The lowest BCUT2D eigenvalue weighted by molar-refractivity contribution is -0.117. The maximum Gasteiger partial charge on any atom is 0.242 e. The fourth-order valence-corrected chi connectivity index (χ4v) is 3.62. The molecule has 5 nitrogen and oxygen atoms in total. The number of hydrogen-bond acceptors (Lipinski definition) is 4. The van der Waals surface area contributed by atoms with Gasteiger partial charge in [-0.05, 0) is 42.5 Å². The third-order valence-corrected chi connectivity index (χ3v) is 5.36. The first-order chi connectivity index (χ1) is 13.0. The second kappa shape index (κ2) is 7.19. The Morgan fingerprint density at radius 3 is 2.78 bits per heavy atom. The number of carbonyl (C=O) groups excluding carboxylic acids is 1. The standard InChI is InChI=1S/C21H20ClN3O2/c1-12-9-20(26)15(10-16(12)22)18-11-19(25-24-18)21(27)23-17-8-4-6-13-5-2-3-7-14(13)17/h2-10,18-19,24-26H,11H2,1H3,(H,23,27). The first-order valence-electron chi connectivity index (χ1n) is 8.81. The van der Waals surface area contributed by atoms with Gasteiger partial charge in [-0.25, -0.2) is 10.9 Å². The first kappa shape index (κ1) is 17.8. The van der Waals surface area contributed by atoms with E-state index in [1.165, 1.54) is 0 Å². The van der Waals surface area contributed by atoms with E-state index in [0.29, 0.717) is 17.0 Å². The van der Waals surface area contributed by atoms with Crippen LogP contribution in [0.4, 0.5) is 5.69 Å². The van der Waals surface area contributed by atoms with Crippen LogP contribution in [-0.4, -0.2) is 17.1 Å². The predicted molar refractivity (Wildman–Crippen MR) is 108 cm³/mol. The molecule has 4 rings (SSSR count). The van der Waals surface area contributed by atoms with Gasteiger partial charge < -0.3 is 10.4 Å². The smallest absolute Gasteiger partial charge is 0.242 e. The Morgan fingerprint density at radius 2 is 1.93 bits per heavy atom. The van der Waals surface area contributed by atoms with Gasteiger partial charge in [-0.15, -0.1) is 0 Å². The molecule has 1 heterocycles. The van der Waals surface area contributed by atoms with Crippen LogP contribution in [0.2, 0.25) is 5.02 Å². The molecule has 3 aromatic carbocycles. The number of rotatable bonds is 3. The highest BCUT2D eigenvalue weighted by molar-refractivity contribution is 6.31. The van der Waals surface area contributed by atoms with E-state index in [2.05, 4.69) is 16.2 Å². The molecule has 6 heteroatoms. The minimum atomic E-state index is -0.423. The van der Waals surface area contributed by atoms with Crippen molar-refractivity contribution in [1.82, 2.24) is 10.9 Å². The molecule has 1 saturated heterocycles. The number of aromatic hydroxyl groups is 1. The van der Waals surface area contributed by atoms with Crippen LogP contribution in [0.25, 0.3) is 10.8 Å². The number of amides is 1. The number of anilines is 1. The number of phenols is 1. The topological polar surface area (TPSA) is 73.4 Å². The summed E-state index contributed by atoms with van der Waals surface area (Å²) in [6.45, 7) is 1.84. The molecule has 0 aromatic heterocycles. The highest BCUT2D eigenvalue weighted by Crippen LogP contribution is 2.34. The van der Waals surface area contributed by atoms with Crippen LogP contribution >= 0.6 is 11.6 Å². The van der Waals surface area contributed by atoms with Crippen molar-refractivity contribution < 1.29 is 9.90 Å². The van der Waals surface area contributed by atoms with E-state index in [1.54, 1.807) is 12.1 Å². The minimum absolute atomic E-state index is 0.126. The quantitative estimate of drug-likeness (QED) is 0.552. The summed E-state index contributed by atoms with van der Waals surface area (Å²) in [5.74, 6) is 0.0466. The van der Waals surface area contributed by atoms with Gasteiger partial charge in [0.1, 0.15) is 11.8 Å². The van der Waals surface area contributed by atoms with E-state index >= 15 is 0 Å². The molecule has 0 spiro atoms. The predicted octanol–water partition coefficient (Wildman–Crippen LogP) is 4.05. The van der Waals surface area contributed by atoms with Crippen molar-refractivity contribution in [1.29, 1.82) is 0 Å². The van der Waals surface area contributed by atoms with Gasteiger partial charge in [-0.1, -0.05) is 48.0 Å². The van der Waals surface area contributed by atoms with Gasteiger partial charge in [-0.3, -0.25) is 4.79 Å². The molecule has 138 valence electrons. The number of carbonyl (C=O) groups is 1. The number of halogens is 1. The van der Waals surface area contributed by atoms with E-state index in [-0.39, 0.29) is 17.7 Å². The number of benzene rings is 3. The van der Waals surface area contributed by atoms with Crippen molar-refractivity contribution in [3.63, 3.8) is 0 Å². The maximum atomic E-state index is 12.7. The number of hydrazine groups is 1. The van der Waals surface area contributed by atoms with E-state index in [4.69, 9.17) is 11.6 Å². The molecule has 1 amide bonds. The molecule has 2 atom stereocenters. The van der Waals surface area contributed by atoms with Crippen LogP contribution in [0.15, 0.2) is 54.6 Å². The zero-order chi connectivity index (χ0) is 19.0. The second-order valence-corrected chi connectivity index (χ2v) is 7.21. The number of hydrogen-bond donors (Lipinski definition) is 4. The Balaban J connectivity index is 1.50. The highest BCUT2D eigenvalue weighted by atomic mass is 35.5. The molecular formula is C21H20ClN3O2. The van der Waals surface area contributed by atoms with E-state index in [0.717, 1.165) is 22.0 Å². The fraction of sp³-hybridized carbons (Fsp3) is 0.190. The summed E-state index contributed by atoms with van der Waals surface area (Å²) in [6.07, 6.45) is 0.504. The van der Waals surface area contributed by atoms with Gasteiger partial charge in [0, 0.05) is 21.7 Å². The molecule has 0 radical (unpaired) electrons. The SMILES string of the molecule is Cc1cc(O)c(C2CC(C(=O)Nc3cccc4ccccc34)NN2)cc1Cl. The summed E-state index contributed by atoms with van der Waals surface area (Å²) in [4.78, 5) is 12.7. The van der Waals surface area contributed by atoms with Gasteiger partial charge in [0.25, 0.3) is 0 Å². The summed E-state index contributed by atoms with van der Waals surface area (Å²) in [5, 5.41) is 15.9. The third-order valence-electron chi connectivity index (χ3n) is 4.95. The van der Waals surface area contributed by atoms with E-state index in [9.17, 15) is 9.90 Å². The molecule has 1 aliphatic rings. The Bertz CT molecular complexity index is 1020. The van der Waals surface area contributed by atoms with Crippen molar-refractivity contribution in [3.8, 4) is 5.75 Å². The highest BCUT2D eigenvalue weighted by Gasteiger charge is 2.32. The van der Waals surface area contributed by atoms with E-state index in [1.807, 2.05) is 49.4 Å². The zero-order valence-corrected chi connectivity index (χ0v) is 15.5. The van der Waals surface area contributed by atoms with Crippen LogP contribution in [-0.2, 0) is 4.79 Å². The Morgan fingerprint density at radius 1 is 1.15 bits per heavy atom. The average Bonchev–Trinajstić information content (AvgIpc) is 3.15. The molecule has 0 aliphatic carbocycles. The van der Waals surface area contributed by atoms with Crippen molar-refractivity contribution in [3.05, 3.63) is 70.7 Å². The summed E-state index contributed by atoms with van der Waals surface area (Å²) < 4.78 is 0. The lowest BCUT2D eigenvalue weighted by Gasteiger charge is -2.14. The van der Waals surface area contributed by atoms with Crippen LogP contribution in [0.3, 0.4) is 0 Å². The second-order valence-electron chi connectivity index (χ2n) is 6.81. The van der Waals surface area contributed by atoms with Crippen molar-refractivity contribution in [2.24, 2.45) is 0 Å². The number of nitrogens with one attached hydrogen (secondary N) is 3. The minimum Gasteiger partial charge on any atom is -0.508 e. The molecule has 3 aromatic rings. The van der Waals surface area contributed by atoms with Gasteiger partial charge in [-0.2, -0.15) is 0 Å². The summed E-state index contributed by atoms with van der Waals surface area (Å²) >= 11 is 6.19. The molecule has 4 N–H and O–H groups in total. The van der Waals surface area contributed by atoms with Gasteiger partial charge in [0.05, 0.1) is 6.04 Å². The average molecular weight is 382 g/mol. The molecule has 0 saturated carbocycles. The lowest BCUT2D eigenvalue weighted by atomic mass is 9.99. The normalized spacial score (nSPS) is 19.3. The number of aryl methyl sites for hydroxylation is 1. The monoisotopic (exact) mass is 381 g/mol. The molecule has 27 heavy (non-hydrogen) atoms. The van der Waals surface area contributed by atoms with Crippen molar-refractivity contribution >= 4 is 34.0 Å². The Hall–Kier alpha value is -2.60. The first-order valence-corrected chi connectivity index (χ1v) is 9.19. The van der Waals surface area contributed by atoms with Crippen molar-refractivity contribution in [2.45, 2.75) is 25.4 Å². The molecule has 0 bridgehead atoms. The number of phenolic OH excluding ortho intramolecular Hbond substituents is 1. The molecule has 1 aliphatic heterocycles. The molecule has 1 fully saturated rings. The zero-order valence-electron chi connectivity index (χ0n) is 14.8. The molecular weight excluding hydrogens is 362 g/mol. The summed E-state index contributed by atoms with van der Waals surface area (Å²) in [7, 11) is 0. The fourth-order valence-electron chi connectivity index (χ4n) is 3.45. The van der Waals surface area contributed by atoms with Gasteiger partial charge >= 0.3 is 0 Å². The lowest BCUT2D eigenvalue weighted by Crippen LogP contribution is -2.39. The van der Waals surface area contributed by atoms with Crippen LogP contribution in [0.1, 0.15) is 23.6 Å². The van der Waals surface area contributed by atoms with Crippen LogP contribution in [0, 0.1) is 6.92 Å². The van der Waals surface area contributed by atoms with E-state index < -0.39 is 6.04 Å². The summed E-state index contributed by atoms with van der Waals surface area (Å²) in [6, 6.07) is 16.5. The van der Waals surface area contributed by atoms with Gasteiger partial charge in [0.2, 0.25) is 5.91 Å². The van der Waals surface area contributed by atoms with Crippen LogP contribution in [0.5, 0.6) is 5.75 Å². The van der Waals surface area contributed by atoms with Gasteiger partial charge in [0.15, 0.2) is 0 Å². The Labute approximate surface area is 162 Å². The summed E-state index contributed by atoms with van der Waals surface area (Å²) in [5.41, 5.74) is 8.38. The largest absolute Gasteiger partial charge is 0.508 e.